The molecular formula is C11H14ClN3S. The Balaban J connectivity index is 2.08. The van der Waals surface area contributed by atoms with Gasteiger partial charge in [-0.1, -0.05) is 12.1 Å². The van der Waals surface area contributed by atoms with Gasteiger partial charge in [0.25, 0.3) is 0 Å². The minimum Gasteiger partial charge on any atom is -0.247 e. The van der Waals surface area contributed by atoms with Crippen molar-refractivity contribution in [3.05, 3.63) is 33.8 Å². The Bertz CT molecular complexity index is 461. The molecule has 0 N–H and O–H groups in total. The van der Waals surface area contributed by atoms with Gasteiger partial charge in [-0.3, -0.25) is 0 Å². The van der Waals surface area contributed by atoms with Gasteiger partial charge in [-0.2, -0.15) is 0 Å². The summed E-state index contributed by atoms with van der Waals surface area (Å²) in [4.78, 5) is 2.71. The molecular weight excluding hydrogens is 242 g/mol. The number of rotatable bonds is 4. The average Bonchev–Trinajstić information content (AvgIpc) is 2.87. The smallest absolute Gasteiger partial charge is 0.100 e. The predicted octanol–water partition coefficient (Wildman–Crippen LogP) is 3.25. The summed E-state index contributed by atoms with van der Waals surface area (Å²) < 4.78 is 1.83. The van der Waals surface area contributed by atoms with Crippen LogP contribution in [0.25, 0.3) is 0 Å². The standard InChI is InChI=1S/C11H14ClN3S/c1-3-9-4-5-10(16-9)6-15-7-11(8(2)12)13-14-15/h4-5,7-8H,3,6H2,1-2H3. The van der Waals surface area contributed by atoms with Crippen molar-refractivity contribution in [1.29, 1.82) is 0 Å². The number of hydrogen-bond acceptors (Lipinski definition) is 3. The molecule has 0 amide bonds. The summed E-state index contributed by atoms with van der Waals surface area (Å²) in [5, 5.41) is 8.00. The van der Waals surface area contributed by atoms with Crippen LogP contribution >= 0.6 is 22.9 Å². The molecule has 0 fully saturated rings. The van der Waals surface area contributed by atoms with Gasteiger partial charge in [-0.15, -0.1) is 28.0 Å². The molecule has 0 aliphatic rings. The highest BCUT2D eigenvalue weighted by Gasteiger charge is 2.07. The summed E-state index contributed by atoms with van der Waals surface area (Å²) in [6, 6.07) is 4.32. The molecule has 0 saturated heterocycles. The molecule has 2 aromatic heterocycles. The molecule has 2 aromatic rings. The Kier molecular flexibility index (Phi) is 3.61. The van der Waals surface area contributed by atoms with E-state index in [4.69, 9.17) is 11.6 Å². The van der Waals surface area contributed by atoms with Gasteiger partial charge in [0.15, 0.2) is 0 Å². The van der Waals surface area contributed by atoms with Crippen LogP contribution < -0.4 is 0 Å². The van der Waals surface area contributed by atoms with E-state index >= 15 is 0 Å². The van der Waals surface area contributed by atoms with Crippen LogP contribution in [0.5, 0.6) is 0 Å². The van der Waals surface area contributed by atoms with Crippen LogP contribution in [-0.4, -0.2) is 15.0 Å². The van der Waals surface area contributed by atoms with Gasteiger partial charge in [0, 0.05) is 9.75 Å². The summed E-state index contributed by atoms with van der Waals surface area (Å²) in [5.74, 6) is 0. The van der Waals surface area contributed by atoms with Crippen molar-refractivity contribution in [2.45, 2.75) is 32.2 Å². The maximum atomic E-state index is 5.93. The van der Waals surface area contributed by atoms with Gasteiger partial charge in [0.05, 0.1) is 18.1 Å². The molecule has 86 valence electrons. The van der Waals surface area contributed by atoms with Crippen LogP contribution in [0.15, 0.2) is 18.3 Å². The molecule has 0 aliphatic heterocycles. The number of hydrogen-bond donors (Lipinski definition) is 0. The average molecular weight is 256 g/mol. The van der Waals surface area contributed by atoms with E-state index in [0.29, 0.717) is 0 Å². The molecule has 1 atom stereocenters. The third-order valence-corrected chi connectivity index (χ3v) is 3.79. The Labute approximate surface area is 104 Å². The number of thiophene rings is 1. The molecule has 16 heavy (non-hydrogen) atoms. The zero-order chi connectivity index (χ0) is 11.5. The zero-order valence-corrected chi connectivity index (χ0v) is 10.9. The molecule has 1 unspecified atom stereocenters. The van der Waals surface area contributed by atoms with E-state index in [0.717, 1.165) is 18.7 Å². The maximum Gasteiger partial charge on any atom is 0.100 e. The van der Waals surface area contributed by atoms with Gasteiger partial charge in [0.1, 0.15) is 5.69 Å². The van der Waals surface area contributed by atoms with Crippen molar-refractivity contribution >= 4 is 22.9 Å². The van der Waals surface area contributed by atoms with Crippen molar-refractivity contribution in [2.75, 3.05) is 0 Å². The molecule has 0 saturated carbocycles. The first-order valence-electron chi connectivity index (χ1n) is 5.30. The Morgan fingerprint density at radius 2 is 2.19 bits per heavy atom. The Morgan fingerprint density at radius 3 is 2.75 bits per heavy atom. The first kappa shape index (κ1) is 11.6. The molecule has 2 rings (SSSR count). The third kappa shape index (κ3) is 2.62. The summed E-state index contributed by atoms with van der Waals surface area (Å²) >= 11 is 7.76. The molecule has 5 heteroatoms. The number of alkyl halides is 1. The van der Waals surface area contributed by atoms with Gasteiger partial charge in [0.2, 0.25) is 0 Å². The number of aryl methyl sites for hydroxylation is 1. The van der Waals surface area contributed by atoms with Crippen LogP contribution in [0, 0.1) is 0 Å². The van der Waals surface area contributed by atoms with Crippen LogP contribution in [0.1, 0.15) is 34.7 Å². The highest BCUT2D eigenvalue weighted by molar-refractivity contribution is 7.11. The SMILES string of the molecule is CCc1ccc(Cn2cc(C(C)Cl)nn2)s1. The quantitative estimate of drug-likeness (QED) is 0.786. The van der Waals surface area contributed by atoms with E-state index in [9.17, 15) is 0 Å². The third-order valence-electron chi connectivity index (χ3n) is 2.35. The van der Waals surface area contributed by atoms with E-state index in [1.54, 1.807) is 0 Å². The lowest BCUT2D eigenvalue weighted by Gasteiger charge is -1.96. The molecule has 0 spiro atoms. The van der Waals surface area contributed by atoms with Crippen molar-refractivity contribution in [2.24, 2.45) is 0 Å². The molecule has 2 heterocycles. The molecule has 0 aliphatic carbocycles. The van der Waals surface area contributed by atoms with Gasteiger partial charge in [-0.05, 0) is 25.5 Å². The second-order valence-electron chi connectivity index (χ2n) is 3.68. The number of halogens is 1. The van der Waals surface area contributed by atoms with Crippen LogP contribution in [0.4, 0.5) is 0 Å². The maximum absolute atomic E-state index is 5.93. The molecule has 0 bridgehead atoms. The molecule has 0 radical (unpaired) electrons. The minimum atomic E-state index is -0.0803. The zero-order valence-electron chi connectivity index (χ0n) is 9.35. The van der Waals surface area contributed by atoms with Gasteiger partial charge >= 0.3 is 0 Å². The predicted molar refractivity (Wildman–Crippen MR) is 67.1 cm³/mol. The Morgan fingerprint density at radius 1 is 1.44 bits per heavy atom. The van der Waals surface area contributed by atoms with Crippen LogP contribution in [0.2, 0.25) is 0 Å². The highest BCUT2D eigenvalue weighted by Crippen LogP contribution is 2.19. The summed E-state index contributed by atoms with van der Waals surface area (Å²) in [6.45, 7) is 4.84. The lowest BCUT2D eigenvalue weighted by Crippen LogP contribution is -1.98. The van der Waals surface area contributed by atoms with Crippen LogP contribution in [0.3, 0.4) is 0 Å². The minimum absolute atomic E-state index is 0.0803. The van der Waals surface area contributed by atoms with Crippen molar-refractivity contribution in [3.63, 3.8) is 0 Å². The number of aromatic nitrogens is 3. The lowest BCUT2D eigenvalue weighted by molar-refractivity contribution is 0.655. The molecule has 0 aromatic carbocycles. The first-order valence-corrected chi connectivity index (χ1v) is 6.56. The summed E-state index contributed by atoms with van der Waals surface area (Å²) in [5.41, 5.74) is 0.828. The van der Waals surface area contributed by atoms with E-state index in [1.807, 2.05) is 29.1 Å². The largest absolute Gasteiger partial charge is 0.247 e. The van der Waals surface area contributed by atoms with E-state index < -0.39 is 0 Å². The fourth-order valence-corrected chi connectivity index (χ4v) is 2.48. The lowest BCUT2D eigenvalue weighted by atomic mass is 10.3. The second kappa shape index (κ2) is 4.97. The van der Waals surface area contributed by atoms with Crippen molar-refractivity contribution < 1.29 is 0 Å². The van der Waals surface area contributed by atoms with Crippen molar-refractivity contribution in [3.8, 4) is 0 Å². The summed E-state index contributed by atoms with van der Waals surface area (Å²) in [6.07, 6.45) is 3.00. The van der Waals surface area contributed by atoms with Crippen molar-refractivity contribution in [1.82, 2.24) is 15.0 Å². The summed E-state index contributed by atoms with van der Waals surface area (Å²) in [7, 11) is 0. The monoisotopic (exact) mass is 255 g/mol. The second-order valence-corrected chi connectivity index (χ2v) is 5.59. The number of nitrogens with zero attached hydrogens (tertiary/aromatic N) is 3. The van der Waals surface area contributed by atoms with E-state index in [2.05, 4.69) is 29.4 Å². The van der Waals surface area contributed by atoms with E-state index in [1.165, 1.54) is 9.75 Å². The Hall–Kier alpha value is -0.870. The van der Waals surface area contributed by atoms with Gasteiger partial charge < -0.3 is 0 Å². The van der Waals surface area contributed by atoms with E-state index in [-0.39, 0.29) is 5.38 Å². The first-order chi connectivity index (χ1) is 7.69. The van der Waals surface area contributed by atoms with Crippen LogP contribution in [-0.2, 0) is 13.0 Å². The van der Waals surface area contributed by atoms with Gasteiger partial charge in [-0.25, -0.2) is 4.68 Å². The highest BCUT2D eigenvalue weighted by atomic mass is 35.5. The fourth-order valence-electron chi connectivity index (χ4n) is 1.43. The molecule has 3 nitrogen and oxygen atoms in total. The normalized spacial score (nSPS) is 12.9. The fraction of sp³-hybridized carbons (Fsp3) is 0.455. The topological polar surface area (TPSA) is 30.7 Å².